The molecule has 1 nitrogen and oxygen atoms in total. The molecule has 0 saturated carbocycles. The molecular formula is C12H13ClFN. The van der Waals surface area contributed by atoms with Crippen molar-refractivity contribution in [1.29, 1.82) is 5.26 Å². The zero-order valence-corrected chi connectivity index (χ0v) is 9.55. The van der Waals surface area contributed by atoms with Gasteiger partial charge >= 0.3 is 0 Å². The fraction of sp³-hybridized carbons (Fsp3) is 0.417. The molecule has 1 rings (SSSR count). The molecule has 0 radical (unpaired) electrons. The molecule has 0 spiro atoms. The van der Waals surface area contributed by atoms with Gasteiger partial charge in [-0.2, -0.15) is 5.26 Å². The molecule has 3 heteroatoms. The van der Waals surface area contributed by atoms with Crippen LogP contribution >= 0.6 is 11.6 Å². The van der Waals surface area contributed by atoms with Crippen LogP contribution in [0.4, 0.5) is 4.39 Å². The van der Waals surface area contributed by atoms with Crippen LogP contribution in [0.15, 0.2) is 18.2 Å². The molecule has 80 valence electrons. The van der Waals surface area contributed by atoms with Crippen LogP contribution in [0.25, 0.3) is 0 Å². The van der Waals surface area contributed by atoms with E-state index in [2.05, 4.69) is 6.07 Å². The highest BCUT2D eigenvalue weighted by Crippen LogP contribution is 2.21. The summed E-state index contributed by atoms with van der Waals surface area (Å²) >= 11 is 5.77. The zero-order chi connectivity index (χ0) is 11.4. The Morgan fingerprint density at radius 3 is 2.67 bits per heavy atom. The first-order chi connectivity index (χ1) is 7.04. The Morgan fingerprint density at radius 1 is 1.47 bits per heavy atom. The van der Waals surface area contributed by atoms with Crippen molar-refractivity contribution in [1.82, 2.24) is 0 Å². The zero-order valence-electron chi connectivity index (χ0n) is 8.80. The Hall–Kier alpha value is -1.07. The number of hydrogen-bond donors (Lipinski definition) is 0. The average Bonchev–Trinajstić information content (AvgIpc) is 2.18. The second-order valence-electron chi connectivity index (χ2n) is 3.92. The number of halogens is 2. The van der Waals surface area contributed by atoms with Gasteiger partial charge in [0.05, 0.1) is 12.0 Å². The van der Waals surface area contributed by atoms with E-state index < -0.39 is 0 Å². The molecule has 0 heterocycles. The van der Waals surface area contributed by atoms with Crippen molar-refractivity contribution < 1.29 is 4.39 Å². The monoisotopic (exact) mass is 225 g/mol. The van der Waals surface area contributed by atoms with Gasteiger partial charge in [-0.3, -0.25) is 0 Å². The standard InChI is InChI=1S/C12H13ClFN/c1-8(2)10(7-15)5-9-6-11(13)3-4-12(9)14/h3-4,6,8,10H,5H2,1-2H3. The van der Waals surface area contributed by atoms with Crippen LogP contribution in [-0.4, -0.2) is 0 Å². The van der Waals surface area contributed by atoms with Gasteiger partial charge in [0.1, 0.15) is 5.82 Å². The molecule has 0 fully saturated rings. The molecule has 0 aliphatic rings. The first kappa shape index (κ1) is 12.0. The molecule has 0 bridgehead atoms. The second kappa shape index (κ2) is 5.14. The SMILES string of the molecule is CC(C)C(C#N)Cc1cc(Cl)ccc1F. The predicted octanol–water partition coefficient (Wildman–Crippen LogP) is 3.82. The van der Waals surface area contributed by atoms with Gasteiger partial charge < -0.3 is 0 Å². The van der Waals surface area contributed by atoms with Crippen LogP contribution in [0, 0.1) is 29.0 Å². The van der Waals surface area contributed by atoms with Gasteiger partial charge in [0, 0.05) is 5.02 Å². The predicted molar refractivity (Wildman–Crippen MR) is 59.1 cm³/mol. The van der Waals surface area contributed by atoms with Gasteiger partial charge in [0.25, 0.3) is 0 Å². The van der Waals surface area contributed by atoms with E-state index in [0.717, 1.165) is 0 Å². The Bertz CT molecular complexity index is 382. The highest BCUT2D eigenvalue weighted by Gasteiger charge is 2.15. The molecule has 1 unspecified atom stereocenters. The summed E-state index contributed by atoms with van der Waals surface area (Å²) in [5.41, 5.74) is 0.516. The van der Waals surface area contributed by atoms with E-state index in [0.29, 0.717) is 17.0 Å². The molecule has 15 heavy (non-hydrogen) atoms. The lowest BCUT2D eigenvalue weighted by atomic mass is 9.90. The highest BCUT2D eigenvalue weighted by molar-refractivity contribution is 6.30. The normalized spacial score (nSPS) is 12.5. The van der Waals surface area contributed by atoms with E-state index in [-0.39, 0.29) is 17.7 Å². The van der Waals surface area contributed by atoms with Gasteiger partial charge in [-0.1, -0.05) is 25.4 Å². The number of benzene rings is 1. The lowest BCUT2D eigenvalue weighted by Crippen LogP contribution is -2.10. The number of hydrogen-bond acceptors (Lipinski definition) is 1. The molecule has 1 atom stereocenters. The largest absolute Gasteiger partial charge is 0.207 e. The molecule has 0 aliphatic heterocycles. The highest BCUT2D eigenvalue weighted by atomic mass is 35.5. The molecular weight excluding hydrogens is 213 g/mol. The third-order valence-electron chi connectivity index (χ3n) is 2.42. The van der Waals surface area contributed by atoms with Crippen molar-refractivity contribution in [2.75, 3.05) is 0 Å². The summed E-state index contributed by atoms with van der Waals surface area (Å²) in [6, 6.07) is 6.62. The summed E-state index contributed by atoms with van der Waals surface area (Å²) in [6.45, 7) is 3.91. The number of nitriles is 1. The first-order valence-corrected chi connectivity index (χ1v) is 5.26. The van der Waals surface area contributed by atoms with Crippen molar-refractivity contribution in [2.45, 2.75) is 20.3 Å². The maximum absolute atomic E-state index is 13.4. The van der Waals surface area contributed by atoms with Crippen LogP contribution in [-0.2, 0) is 6.42 Å². The minimum absolute atomic E-state index is 0.169. The summed E-state index contributed by atoms with van der Waals surface area (Å²) < 4.78 is 13.4. The van der Waals surface area contributed by atoms with E-state index >= 15 is 0 Å². The maximum atomic E-state index is 13.4. The second-order valence-corrected chi connectivity index (χ2v) is 4.36. The summed E-state index contributed by atoms with van der Waals surface area (Å²) in [7, 11) is 0. The maximum Gasteiger partial charge on any atom is 0.126 e. The molecule has 0 amide bonds. The van der Waals surface area contributed by atoms with E-state index in [1.54, 1.807) is 6.07 Å². The Balaban J connectivity index is 2.89. The fourth-order valence-corrected chi connectivity index (χ4v) is 1.56. The van der Waals surface area contributed by atoms with Gasteiger partial charge in [0.2, 0.25) is 0 Å². The summed E-state index contributed by atoms with van der Waals surface area (Å²) in [5.74, 6) is -0.244. The lowest BCUT2D eigenvalue weighted by molar-refractivity contribution is 0.464. The van der Waals surface area contributed by atoms with E-state index in [9.17, 15) is 4.39 Å². The van der Waals surface area contributed by atoms with Crippen LogP contribution in [0.3, 0.4) is 0 Å². The van der Waals surface area contributed by atoms with Crippen molar-refractivity contribution in [2.24, 2.45) is 11.8 Å². The van der Waals surface area contributed by atoms with Crippen LogP contribution < -0.4 is 0 Å². The van der Waals surface area contributed by atoms with E-state index in [1.807, 2.05) is 13.8 Å². The first-order valence-electron chi connectivity index (χ1n) is 4.88. The quantitative estimate of drug-likeness (QED) is 0.767. The number of nitrogens with zero attached hydrogens (tertiary/aromatic N) is 1. The average molecular weight is 226 g/mol. The third kappa shape index (κ3) is 3.21. The minimum Gasteiger partial charge on any atom is -0.207 e. The summed E-state index contributed by atoms with van der Waals surface area (Å²) in [4.78, 5) is 0. The van der Waals surface area contributed by atoms with Crippen molar-refractivity contribution in [3.63, 3.8) is 0 Å². The van der Waals surface area contributed by atoms with Crippen molar-refractivity contribution in [3.8, 4) is 6.07 Å². The molecule has 1 aromatic rings. The Kier molecular flexibility index (Phi) is 4.11. The van der Waals surface area contributed by atoms with Gasteiger partial charge in [-0.05, 0) is 36.1 Å². The topological polar surface area (TPSA) is 23.8 Å². The van der Waals surface area contributed by atoms with Crippen LogP contribution in [0.1, 0.15) is 19.4 Å². The van der Waals surface area contributed by atoms with E-state index in [4.69, 9.17) is 16.9 Å². The summed E-state index contributed by atoms with van der Waals surface area (Å²) in [5, 5.41) is 9.42. The molecule has 0 aliphatic carbocycles. The Labute approximate surface area is 94.5 Å². The number of rotatable bonds is 3. The smallest absolute Gasteiger partial charge is 0.126 e. The van der Waals surface area contributed by atoms with Gasteiger partial charge in [0.15, 0.2) is 0 Å². The third-order valence-corrected chi connectivity index (χ3v) is 2.65. The van der Waals surface area contributed by atoms with Crippen LogP contribution in [0.2, 0.25) is 5.02 Å². The van der Waals surface area contributed by atoms with Gasteiger partial charge in [-0.25, -0.2) is 4.39 Å². The summed E-state index contributed by atoms with van der Waals surface area (Å²) in [6.07, 6.45) is 0.417. The molecule has 0 aromatic heterocycles. The molecule has 0 saturated heterocycles. The minimum atomic E-state index is -0.291. The van der Waals surface area contributed by atoms with Crippen molar-refractivity contribution in [3.05, 3.63) is 34.6 Å². The van der Waals surface area contributed by atoms with E-state index in [1.165, 1.54) is 12.1 Å². The molecule has 0 N–H and O–H groups in total. The lowest BCUT2D eigenvalue weighted by Gasteiger charge is -2.13. The van der Waals surface area contributed by atoms with Crippen molar-refractivity contribution >= 4 is 11.6 Å². The fourth-order valence-electron chi connectivity index (χ4n) is 1.37. The Morgan fingerprint density at radius 2 is 2.13 bits per heavy atom. The van der Waals surface area contributed by atoms with Crippen LogP contribution in [0.5, 0.6) is 0 Å². The van der Waals surface area contributed by atoms with Gasteiger partial charge in [-0.15, -0.1) is 0 Å². The molecule has 1 aromatic carbocycles.